The van der Waals surface area contributed by atoms with Crippen molar-refractivity contribution in [3.8, 4) is 0 Å². The van der Waals surface area contributed by atoms with Gasteiger partial charge in [0.25, 0.3) is 4.92 Å². The lowest BCUT2D eigenvalue weighted by atomic mass is 9.95. The molecule has 9 heteroatoms. The standard InChI is InChI=1S/C19H19FN4O4/c1-6-21-16(11(2)20)18-22-12(3)15(19(25)27-4)17(23-18)13-7-9-14(10-8-13)24(26)28-5/h6-10,17H,1-2H2,3-5H3/p+1. The number of nitrogens with zero attached hydrogens (tertiary/aromatic N) is 3. The van der Waals surface area contributed by atoms with E-state index >= 15 is 0 Å². The van der Waals surface area contributed by atoms with Gasteiger partial charge in [-0.15, -0.1) is 0 Å². The van der Waals surface area contributed by atoms with Crippen LogP contribution in [0, 0.1) is 4.91 Å². The molecule has 0 amide bonds. The number of ether oxygens (including phenoxy) is 1. The van der Waals surface area contributed by atoms with Crippen molar-refractivity contribution in [2.24, 2.45) is 9.98 Å². The highest BCUT2D eigenvalue weighted by Crippen LogP contribution is 2.32. The second-order valence-corrected chi connectivity index (χ2v) is 5.63. The third-order valence-corrected chi connectivity index (χ3v) is 3.93. The molecule has 2 rings (SSSR count). The Labute approximate surface area is 161 Å². The zero-order valence-corrected chi connectivity index (χ0v) is 15.7. The number of methoxy groups -OCH3 is 1. The molecule has 1 heterocycles. The molecule has 146 valence electrons. The number of esters is 1. The molecular weight excluding hydrogens is 367 g/mol. The minimum Gasteiger partial charge on any atom is -0.466 e. The Kier molecular flexibility index (Phi) is 6.54. The fourth-order valence-electron chi connectivity index (χ4n) is 2.65. The smallest absolute Gasteiger partial charge is 0.338 e. The summed E-state index contributed by atoms with van der Waals surface area (Å²) in [5.41, 5.74) is 1.37. The van der Waals surface area contributed by atoms with E-state index in [9.17, 15) is 14.1 Å². The molecule has 0 spiro atoms. The number of hydrogen-bond acceptors (Lipinski definition) is 7. The number of nitrogens with one attached hydrogen (secondary N) is 1. The number of amidine groups is 1. The fraction of sp³-hybridized carbons (Fsp3) is 0.211. The Morgan fingerprint density at radius 1 is 1.36 bits per heavy atom. The normalized spacial score (nSPS) is 16.6. The highest BCUT2D eigenvalue weighted by Gasteiger charge is 2.32. The van der Waals surface area contributed by atoms with Crippen LogP contribution in [0.15, 0.2) is 70.7 Å². The maximum Gasteiger partial charge on any atom is 0.338 e. The van der Waals surface area contributed by atoms with Gasteiger partial charge >= 0.3 is 11.7 Å². The number of allylic oxidation sites excluding steroid dienone is 1. The van der Waals surface area contributed by atoms with Crippen LogP contribution in [0.25, 0.3) is 0 Å². The second-order valence-electron chi connectivity index (χ2n) is 5.63. The monoisotopic (exact) mass is 387 g/mol. The molecule has 0 fully saturated rings. The molecule has 1 N–H and O–H groups in total. The summed E-state index contributed by atoms with van der Waals surface area (Å²) in [5.74, 6) is -1.31. The van der Waals surface area contributed by atoms with Gasteiger partial charge in [0.05, 0.1) is 17.6 Å². The third kappa shape index (κ3) is 4.20. The summed E-state index contributed by atoms with van der Waals surface area (Å²) in [6.07, 6.45) is 1.16. The van der Waals surface area contributed by atoms with E-state index in [1.54, 1.807) is 19.1 Å². The molecule has 0 aromatic heterocycles. The quantitative estimate of drug-likeness (QED) is 0.441. The lowest BCUT2D eigenvalue weighted by Crippen LogP contribution is -2.37. The maximum absolute atomic E-state index is 13.8. The van der Waals surface area contributed by atoms with Gasteiger partial charge in [-0.1, -0.05) is 13.2 Å². The molecule has 1 atom stereocenters. The molecule has 0 aliphatic carbocycles. The fourth-order valence-corrected chi connectivity index (χ4v) is 2.65. The van der Waals surface area contributed by atoms with Gasteiger partial charge in [0.2, 0.25) is 0 Å². The van der Waals surface area contributed by atoms with Gasteiger partial charge in [0.1, 0.15) is 17.6 Å². The topological polar surface area (TPSA) is 92.4 Å². The number of carbonyl (C=O) groups is 1. The molecule has 1 aromatic rings. The van der Waals surface area contributed by atoms with Gasteiger partial charge in [0.15, 0.2) is 12.9 Å². The summed E-state index contributed by atoms with van der Waals surface area (Å²) >= 11 is 0. The Bertz CT molecular complexity index is 916. The molecule has 1 unspecified atom stereocenters. The Hall–Kier alpha value is -3.62. The van der Waals surface area contributed by atoms with Crippen molar-refractivity contribution in [1.29, 1.82) is 0 Å². The number of hydrogen-bond donors (Lipinski definition) is 1. The Balaban J connectivity index is 2.58. The van der Waals surface area contributed by atoms with Crippen LogP contribution in [-0.4, -0.2) is 36.7 Å². The van der Waals surface area contributed by atoms with E-state index in [1.807, 2.05) is 0 Å². The van der Waals surface area contributed by atoms with E-state index in [2.05, 4.69) is 33.3 Å². The zero-order chi connectivity index (χ0) is 20.8. The summed E-state index contributed by atoms with van der Waals surface area (Å²) in [5, 5.41) is 2.86. The Morgan fingerprint density at radius 3 is 2.50 bits per heavy atom. The Morgan fingerprint density at radius 2 is 2.00 bits per heavy atom. The molecule has 0 bridgehead atoms. The van der Waals surface area contributed by atoms with Crippen molar-refractivity contribution in [3.05, 3.63) is 71.2 Å². The van der Waals surface area contributed by atoms with Crippen molar-refractivity contribution in [1.82, 2.24) is 5.32 Å². The van der Waals surface area contributed by atoms with Crippen molar-refractivity contribution in [3.63, 3.8) is 0 Å². The third-order valence-electron chi connectivity index (χ3n) is 3.93. The van der Waals surface area contributed by atoms with E-state index in [4.69, 9.17) is 4.74 Å². The van der Waals surface area contributed by atoms with Gasteiger partial charge in [-0.2, -0.15) is 0 Å². The van der Waals surface area contributed by atoms with Crippen molar-refractivity contribution < 1.29 is 23.7 Å². The number of aliphatic imine (C=N–C) groups is 2. The van der Waals surface area contributed by atoms with Crippen LogP contribution < -0.4 is 5.32 Å². The molecule has 1 aromatic carbocycles. The van der Waals surface area contributed by atoms with Crippen LogP contribution in [0.3, 0.4) is 0 Å². The highest BCUT2D eigenvalue weighted by molar-refractivity contribution is 6.47. The van der Waals surface area contributed by atoms with Crippen LogP contribution in [-0.2, 0) is 14.4 Å². The molecule has 1 aliphatic heterocycles. The van der Waals surface area contributed by atoms with E-state index in [0.717, 1.165) is 6.20 Å². The number of halogens is 1. The number of benzene rings is 1. The van der Waals surface area contributed by atoms with E-state index in [1.165, 1.54) is 26.4 Å². The average Bonchev–Trinajstić information content (AvgIpc) is 2.70. The molecule has 8 nitrogen and oxygen atoms in total. The highest BCUT2D eigenvalue weighted by atomic mass is 19.1. The summed E-state index contributed by atoms with van der Waals surface area (Å²) in [7, 11) is 2.50. The number of rotatable bonds is 7. The average molecular weight is 387 g/mol. The minimum atomic E-state index is -0.810. The lowest BCUT2D eigenvalue weighted by Gasteiger charge is -2.26. The summed E-state index contributed by atoms with van der Waals surface area (Å²) in [4.78, 5) is 37.1. The zero-order valence-electron chi connectivity index (χ0n) is 15.7. The largest absolute Gasteiger partial charge is 0.466 e. The van der Waals surface area contributed by atoms with Gasteiger partial charge in [0, 0.05) is 24.0 Å². The first kappa shape index (κ1) is 20.7. The van der Waals surface area contributed by atoms with Gasteiger partial charge in [-0.05, 0) is 24.6 Å². The SMILES string of the molecule is C=CN=C(C(=C)F)C1=NC(c2ccc([N+](=O)OC)cc2)C(C(=O)OC)=C(C)N1. The first-order chi connectivity index (χ1) is 13.3. The maximum atomic E-state index is 13.8. The van der Waals surface area contributed by atoms with Crippen LogP contribution >= 0.6 is 0 Å². The second kappa shape index (κ2) is 8.85. The summed E-state index contributed by atoms with van der Waals surface area (Å²) in [6, 6.07) is 5.44. The molecule has 0 saturated carbocycles. The van der Waals surface area contributed by atoms with E-state index in [0.29, 0.717) is 16.2 Å². The molecule has 28 heavy (non-hydrogen) atoms. The molecular formula is C19H20FN4O4+. The summed E-state index contributed by atoms with van der Waals surface area (Å²) in [6.45, 7) is 8.35. The van der Waals surface area contributed by atoms with E-state index in [-0.39, 0.29) is 22.8 Å². The first-order valence-electron chi connectivity index (χ1n) is 8.13. The van der Waals surface area contributed by atoms with Crippen molar-refractivity contribution >= 4 is 23.2 Å². The van der Waals surface area contributed by atoms with Crippen molar-refractivity contribution in [2.45, 2.75) is 13.0 Å². The van der Waals surface area contributed by atoms with Gasteiger partial charge in [-0.25, -0.2) is 14.0 Å². The van der Waals surface area contributed by atoms with Crippen LogP contribution in [0.5, 0.6) is 0 Å². The van der Waals surface area contributed by atoms with Gasteiger partial charge < -0.3 is 10.1 Å². The predicted molar refractivity (Wildman–Crippen MR) is 103 cm³/mol. The summed E-state index contributed by atoms with van der Waals surface area (Å²) < 4.78 is 18.7. The molecule has 0 saturated heterocycles. The van der Waals surface area contributed by atoms with Gasteiger partial charge in [-0.3, -0.25) is 9.98 Å². The first-order valence-corrected chi connectivity index (χ1v) is 8.13. The van der Waals surface area contributed by atoms with Crippen LogP contribution in [0.4, 0.5) is 10.1 Å². The van der Waals surface area contributed by atoms with Crippen LogP contribution in [0.2, 0.25) is 0 Å². The minimum absolute atomic E-state index is 0.0916. The predicted octanol–water partition coefficient (Wildman–Crippen LogP) is 3.22. The lowest BCUT2D eigenvalue weighted by molar-refractivity contribution is -0.736. The van der Waals surface area contributed by atoms with E-state index < -0.39 is 17.8 Å². The molecule has 1 aliphatic rings. The molecule has 0 radical (unpaired) electrons. The van der Waals surface area contributed by atoms with Crippen molar-refractivity contribution in [2.75, 3.05) is 14.2 Å². The van der Waals surface area contributed by atoms with Crippen LogP contribution in [0.1, 0.15) is 18.5 Å². The number of carbonyl (C=O) groups excluding carboxylic acids is 1.